The first kappa shape index (κ1) is 19.1. The van der Waals surface area contributed by atoms with Crippen molar-refractivity contribution in [1.82, 2.24) is 4.98 Å². The van der Waals surface area contributed by atoms with E-state index in [4.69, 9.17) is 11.4 Å². The minimum absolute atomic E-state index is 0.736. The minimum atomic E-state index is -2.53. The molecule has 0 saturated heterocycles. The molecule has 0 radical (unpaired) electrons. The second kappa shape index (κ2) is 8.87. The van der Waals surface area contributed by atoms with Crippen LogP contribution in [-0.2, 0) is 6.42 Å². The van der Waals surface area contributed by atoms with Gasteiger partial charge in [-0.2, -0.15) is 0 Å². The van der Waals surface area contributed by atoms with Crippen LogP contribution in [0.5, 0.6) is 0 Å². The summed E-state index contributed by atoms with van der Waals surface area (Å²) in [5, 5.41) is 4.00. The van der Waals surface area contributed by atoms with Crippen LogP contribution in [-0.4, -0.2) is 4.98 Å². The summed E-state index contributed by atoms with van der Waals surface area (Å²) in [6, 6.07) is 36.9. The Morgan fingerprint density at radius 2 is 1.17 bits per heavy atom. The van der Waals surface area contributed by atoms with Gasteiger partial charge in [-0.05, 0) is 0 Å². The van der Waals surface area contributed by atoms with Crippen molar-refractivity contribution in [2.75, 3.05) is 0 Å². The Morgan fingerprint density at radius 3 is 1.62 bits per heavy atom. The van der Waals surface area contributed by atoms with Crippen LogP contribution < -0.4 is 21.3 Å². The zero-order valence-corrected chi connectivity index (χ0v) is 17.3. The van der Waals surface area contributed by atoms with Gasteiger partial charge < -0.3 is 0 Å². The van der Waals surface area contributed by atoms with E-state index < -0.39 is 7.26 Å². The monoisotopic (exact) mass is 393 g/mol. The Bertz CT molecular complexity index is 1000. The summed E-state index contributed by atoms with van der Waals surface area (Å²) in [4.78, 5) is 4.96. The van der Waals surface area contributed by atoms with E-state index in [9.17, 15) is 0 Å². The molecule has 0 aliphatic heterocycles. The molecule has 1 aromatic heterocycles. The van der Waals surface area contributed by atoms with Crippen molar-refractivity contribution in [2.24, 2.45) is 0 Å². The third kappa shape index (κ3) is 3.73. The molecule has 0 bridgehead atoms. The number of hydrogen-bond acceptors (Lipinski definition) is 1. The Labute approximate surface area is 173 Å². The van der Waals surface area contributed by atoms with Crippen LogP contribution in [0.2, 0.25) is 0 Å². The molecule has 0 atom stereocenters. The Morgan fingerprint density at radius 1 is 0.690 bits per heavy atom. The maximum atomic E-state index is 5.52. The standard InChI is InChI=1S/C27H24NP/c1-2-3-13-23-20-21-28-27(22-23)29(24-14-7-4-8-15-24,25-16-9-5-10-17-25)26-18-11-6-12-19-26/h1,4-12,14-22,29H,3,13H2. The number of aromatic nitrogens is 1. The molecule has 29 heavy (non-hydrogen) atoms. The quantitative estimate of drug-likeness (QED) is 0.356. The number of nitrogens with zero attached hydrogens (tertiary/aromatic N) is 1. The first-order valence-electron chi connectivity index (χ1n) is 9.91. The first-order chi connectivity index (χ1) is 14.4. The van der Waals surface area contributed by atoms with Crippen LogP contribution in [0.25, 0.3) is 0 Å². The number of pyridine rings is 1. The van der Waals surface area contributed by atoms with Crippen LogP contribution in [0, 0.1) is 12.3 Å². The van der Waals surface area contributed by atoms with Crippen molar-refractivity contribution in [3.63, 3.8) is 0 Å². The second-order valence-corrected chi connectivity index (χ2v) is 10.8. The molecule has 4 aromatic rings. The topological polar surface area (TPSA) is 12.9 Å². The Kier molecular flexibility index (Phi) is 5.85. The molecule has 2 heteroatoms. The van der Waals surface area contributed by atoms with Crippen molar-refractivity contribution in [2.45, 2.75) is 12.8 Å². The fraction of sp³-hybridized carbons (Fsp3) is 0.0741. The summed E-state index contributed by atoms with van der Waals surface area (Å²) >= 11 is 0. The van der Waals surface area contributed by atoms with E-state index in [0.29, 0.717) is 0 Å². The molecule has 0 saturated carbocycles. The summed E-state index contributed by atoms with van der Waals surface area (Å²) < 4.78 is 0. The molecule has 0 unspecified atom stereocenters. The van der Waals surface area contributed by atoms with E-state index in [2.05, 4.69) is 109 Å². The zero-order chi connectivity index (χ0) is 19.9. The van der Waals surface area contributed by atoms with Crippen molar-refractivity contribution in [3.8, 4) is 12.3 Å². The number of terminal acetylenes is 1. The SMILES string of the molecule is C#CCCc1ccnc([PH](c2ccccc2)(c2ccccc2)c2ccccc2)c1. The van der Waals surface area contributed by atoms with Crippen molar-refractivity contribution < 1.29 is 0 Å². The molecule has 1 nitrogen and oxygen atoms in total. The average molecular weight is 393 g/mol. The third-order valence-corrected chi connectivity index (χ3v) is 10.0. The van der Waals surface area contributed by atoms with Gasteiger partial charge in [0, 0.05) is 0 Å². The van der Waals surface area contributed by atoms with Gasteiger partial charge in [-0.25, -0.2) is 0 Å². The first-order valence-corrected chi connectivity index (χ1v) is 11.9. The third-order valence-electron chi connectivity index (χ3n) is 5.39. The molecule has 0 fully saturated rings. The van der Waals surface area contributed by atoms with Gasteiger partial charge in [0.2, 0.25) is 0 Å². The van der Waals surface area contributed by atoms with Crippen LogP contribution >= 0.6 is 7.26 Å². The summed E-state index contributed by atoms with van der Waals surface area (Å²) in [5.74, 6) is 2.76. The van der Waals surface area contributed by atoms with Crippen LogP contribution in [0.15, 0.2) is 109 Å². The molecule has 1 heterocycles. The molecule has 3 aromatic carbocycles. The summed E-state index contributed by atoms with van der Waals surface area (Å²) in [5.41, 5.74) is 2.39. The van der Waals surface area contributed by atoms with Gasteiger partial charge in [0.25, 0.3) is 0 Å². The van der Waals surface area contributed by atoms with E-state index in [1.54, 1.807) is 0 Å². The molecule has 0 N–H and O–H groups in total. The van der Waals surface area contributed by atoms with E-state index in [0.717, 1.165) is 18.3 Å². The van der Waals surface area contributed by atoms with E-state index in [1.165, 1.54) is 21.5 Å². The van der Waals surface area contributed by atoms with Crippen molar-refractivity contribution in [1.29, 1.82) is 0 Å². The number of aryl methyl sites for hydroxylation is 1. The molecular weight excluding hydrogens is 369 g/mol. The van der Waals surface area contributed by atoms with Crippen molar-refractivity contribution >= 4 is 28.6 Å². The maximum absolute atomic E-state index is 5.52. The molecule has 0 spiro atoms. The second-order valence-electron chi connectivity index (χ2n) is 7.10. The molecular formula is C27H24NP. The normalized spacial score (nSPS) is 11.6. The Balaban J connectivity index is 2.05. The molecule has 142 valence electrons. The van der Waals surface area contributed by atoms with E-state index >= 15 is 0 Å². The van der Waals surface area contributed by atoms with E-state index in [-0.39, 0.29) is 0 Å². The van der Waals surface area contributed by atoms with Gasteiger partial charge in [0.1, 0.15) is 0 Å². The van der Waals surface area contributed by atoms with Gasteiger partial charge in [-0.1, -0.05) is 0 Å². The fourth-order valence-electron chi connectivity index (χ4n) is 4.06. The molecule has 4 rings (SSSR count). The predicted molar refractivity (Wildman–Crippen MR) is 128 cm³/mol. The number of hydrogen-bond donors (Lipinski definition) is 0. The van der Waals surface area contributed by atoms with Gasteiger partial charge in [0.15, 0.2) is 0 Å². The number of rotatable bonds is 6. The Hall–Kier alpha value is -3.20. The predicted octanol–water partition coefficient (Wildman–Crippen LogP) is 4.00. The van der Waals surface area contributed by atoms with Gasteiger partial charge in [-0.3, -0.25) is 0 Å². The fourth-order valence-corrected chi connectivity index (χ4v) is 8.69. The van der Waals surface area contributed by atoms with Crippen molar-refractivity contribution in [3.05, 3.63) is 115 Å². The summed E-state index contributed by atoms with van der Waals surface area (Å²) in [6.45, 7) is 0. The summed E-state index contributed by atoms with van der Waals surface area (Å²) in [7, 11) is -2.53. The van der Waals surface area contributed by atoms with Crippen LogP contribution in [0.3, 0.4) is 0 Å². The van der Waals surface area contributed by atoms with E-state index in [1.807, 2.05) is 6.20 Å². The number of benzene rings is 3. The molecule has 0 aliphatic carbocycles. The molecule has 0 aliphatic rings. The summed E-state index contributed by atoms with van der Waals surface area (Å²) in [6.07, 6.45) is 9.06. The average Bonchev–Trinajstić information content (AvgIpc) is 2.81. The van der Waals surface area contributed by atoms with Gasteiger partial charge >= 0.3 is 174 Å². The zero-order valence-electron chi connectivity index (χ0n) is 16.3. The van der Waals surface area contributed by atoms with Gasteiger partial charge in [0.05, 0.1) is 0 Å². The van der Waals surface area contributed by atoms with Crippen LogP contribution in [0.1, 0.15) is 12.0 Å². The van der Waals surface area contributed by atoms with Crippen LogP contribution in [0.4, 0.5) is 0 Å². The molecule has 0 amide bonds. The van der Waals surface area contributed by atoms with Gasteiger partial charge in [-0.15, -0.1) is 0 Å².